The largest absolute Gasteiger partial charge is 0.325 e. The monoisotopic (exact) mass is 351 g/mol. The van der Waals surface area contributed by atoms with Crippen molar-refractivity contribution in [1.82, 2.24) is 19.6 Å². The van der Waals surface area contributed by atoms with Crippen molar-refractivity contribution >= 4 is 17.4 Å². The van der Waals surface area contributed by atoms with E-state index in [0.29, 0.717) is 5.78 Å². The molecule has 3 aromatic rings. The van der Waals surface area contributed by atoms with Gasteiger partial charge in [-0.3, -0.25) is 4.79 Å². The third-order valence-corrected chi connectivity index (χ3v) is 4.65. The molecule has 6 heteroatoms. The van der Waals surface area contributed by atoms with Crippen LogP contribution in [0.1, 0.15) is 47.2 Å². The molecule has 0 saturated heterocycles. The molecule has 0 aliphatic carbocycles. The minimum absolute atomic E-state index is 0.0522. The van der Waals surface area contributed by atoms with Gasteiger partial charge in [0.05, 0.1) is 6.42 Å². The third kappa shape index (κ3) is 3.45. The van der Waals surface area contributed by atoms with Crippen molar-refractivity contribution in [3.8, 4) is 0 Å². The van der Waals surface area contributed by atoms with Gasteiger partial charge in [0.2, 0.25) is 5.91 Å². The molecule has 0 spiro atoms. The van der Waals surface area contributed by atoms with E-state index in [0.717, 1.165) is 52.4 Å². The lowest BCUT2D eigenvalue weighted by Gasteiger charge is -2.13. The Morgan fingerprint density at radius 2 is 1.81 bits per heavy atom. The molecule has 0 fully saturated rings. The number of aryl methyl sites for hydroxylation is 5. The molecule has 2 aromatic heterocycles. The summed E-state index contributed by atoms with van der Waals surface area (Å²) in [6, 6.07) is 5.99. The van der Waals surface area contributed by atoms with E-state index in [1.165, 1.54) is 0 Å². The van der Waals surface area contributed by atoms with E-state index < -0.39 is 0 Å². The Hall–Kier alpha value is -2.76. The van der Waals surface area contributed by atoms with Crippen molar-refractivity contribution in [2.75, 3.05) is 5.32 Å². The first-order valence-electron chi connectivity index (χ1n) is 8.98. The molecule has 6 nitrogen and oxygen atoms in total. The number of hydrogen-bond acceptors (Lipinski definition) is 4. The first-order chi connectivity index (χ1) is 12.4. The molecule has 0 radical (unpaired) electrons. The van der Waals surface area contributed by atoms with E-state index in [4.69, 9.17) is 0 Å². The summed E-state index contributed by atoms with van der Waals surface area (Å²) in [5.74, 6) is 1.34. The summed E-state index contributed by atoms with van der Waals surface area (Å²) in [5.41, 5.74) is 5.63. The first-order valence-corrected chi connectivity index (χ1v) is 8.98. The molecule has 0 saturated carbocycles. The maximum absolute atomic E-state index is 12.7. The van der Waals surface area contributed by atoms with E-state index in [1.807, 2.05) is 45.9 Å². The molecule has 3 rings (SSSR count). The van der Waals surface area contributed by atoms with Crippen LogP contribution >= 0.6 is 0 Å². The molecule has 0 atom stereocenters. The predicted molar refractivity (Wildman–Crippen MR) is 103 cm³/mol. The lowest BCUT2D eigenvalue weighted by Crippen LogP contribution is -2.19. The summed E-state index contributed by atoms with van der Waals surface area (Å²) in [7, 11) is 0. The zero-order valence-electron chi connectivity index (χ0n) is 16.1. The number of para-hydroxylation sites is 1. The van der Waals surface area contributed by atoms with Crippen LogP contribution in [0.5, 0.6) is 0 Å². The zero-order chi connectivity index (χ0) is 18.8. The Labute approximate surface area is 153 Å². The molecule has 0 unspecified atom stereocenters. The molecule has 0 aliphatic rings. The van der Waals surface area contributed by atoms with Gasteiger partial charge in [-0.1, -0.05) is 25.1 Å². The Bertz CT molecular complexity index is 954. The van der Waals surface area contributed by atoms with Gasteiger partial charge in [-0.25, -0.2) is 9.50 Å². The van der Waals surface area contributed by atoms with Gasteiger partial charge in [-0.05, 0) is 45.2 Å². The molecule has 1 aromatic carbocycles. The van der Waals surface area contributed by atoms with Gasteiger partial charge < -0.3 is 5.32 Å². The number of carbonyl (C=O) groups excluding carboxylic acids is 1. The van der Waals surface area contributed by atoms with Gasteiger partial charge in [0.1, 0.15) is 0 Å². The highest BCUT2D eigenvalue weighted by Crippen LogP contribution is 2.21. The van der Waals surface area contributed by atoms with Crippen molar-refractivity contribution < 1.29 is 4.79 Å². The minimum Gasteiger partial charge on any atom is -0.325 e. The van der Waals surface area contributed by atoms with E-state index in [9.17, 15) is 4.79 Å². The second-order valence-corrected chi connectivity index (χ2v) is 6.74. The second-order valence-electron chi connectivity index (χ2n) is 6.74. The van der Waals surface area contributed by atoms with Gasteiger partial charge in [-0.2, -0.15) is 4.98 Å². The highest BCUT2D eigenvalue weighted by molar-refractivity contribution is 5.94. The average Bonchev–Trinajstić information content (AvgIpc) is 2.98. The summed E-state index contributed by atoms with van der Waals surface area (Å²) in [6.45, 7) is 9.98. The topological polar surface area (TPSA) is 72.2 Å². The number of fused-ring (bicyclic) bond motifs is 1. The van der Waals surface area contributed by atoms with Gasteiger partial charge in [0.25, 0.3) is 5.78 Å². The van der Waals surface area contributed by atoms with Crippen LogP contribution in [0.25, 0.3) is 5.78 Å². The smallest absolute Gasteiger partial charge is 0.252 e. The second kappa shape index (κ2) is 7.23. The maximum Gasteiger partial charge on any atom is 0.252 e. The highest BCUT2D eigenvalue weighted by Gasteiger charge is 2.16. The summed E-state index contributed by atoms with van der Waals surface area (Å²) >= 11 is 0. The summed E-state index contributed by atoms with van der Waals surface area (Å²) < 4.78 is 1.75. The van der Waals surface area contributed by atoms with E-state index in [-0.39, 0.29) is 12.3 Å². The SMILES string of the molecule is CCCc1nc2nc(C)c(CC(=O)Nc3c(C)cccc3C)c(C)n2n1. The van der Waals surface area contributed by atoms with Crippen LogP contribution in [-0.4, -0.2) is 25.5 Å². The normalized spacial score (nSPS) is 11.1. The molecule has 136 valence electrons. The van der Waals surface area contributed by atoms with Gasteiger partial charge in [-0.15, -0.1) is 5.10 Å². The summed E-state index contributed by atoms with van der Waals surface area (Å²) in [6.07, 6.45) is 2.07. The number of benzene rings is 1. The Balaban J connectivity index is 1.89. The van der Waals surface area contributed by atoms with E-state index >= 15 is 0 Å². The Morgan fingerprint density at radius 1 is 1.12 bits per heavy atom. The molecular formula is C20H25N5O. The fraction of sp³-hybridized carbons (Fsp3) is 0.400. The minimum atomic E-state index is -0.0522. The van der Waals surface area contributed by atoms with Crippen LogP contribution in [0, 0.1) is 27.7 Å². The molecule has 26 heavy (non-hydrogen) atoms. The number of rotatable bonds is 5. The number of nitrogens with zero attached hydrogens (tertiary/aromatic N) is 4. The standard InChI is InChI=1S/C20H25N5O/c1-6-8-17-22-20-21-14(4)16(15(5)25(20)24-17)11-18(26)23-19-12(2)9-7-10-13(19)3/h7,9-10H,6,8,11H2,1-5H3,(H,23,26). The van der Waals surface area contributed by atoms with Crippen molar-refractivity contribution in [1.29, 1.82) is 0 Å². The number of anilines is 1. The molecule has 0 bridgehead atoms. The fourth-order valence-corrected chi connectivity index (χ4v) is 3.19. The lowest BCUT2D eigenvalue weighted by atomic mass is 10.1. The van der Waals surface area contributed by atoms with Gasteiger partial charge in [0, 0.05) is 29.1 Å². The number of carbonyl (C=O) groups is 1. The van der Waals surface area contributed by atoms with Crippen LogP contribution in [0.4, 0.5) is 5.69 Å². The number of aromatic nitrogens is 4. The predicted octanol–water partition coefficient (Wildman–Crippen LogP) is 3.49. The lowest BCUT2D eigenvalue weighted by molar-refractivity contribution is -0.115. The van der Waals surface area contributed by atoms with Crippen molar-refractivity contribution in [3.05, 3.63) is 52.1 Å². The van der Waals surface area contributed by atoms with E-state index in [1.54, 1.807) is 4.52 Å². The number of nitrogens with one attached hydrogen (secondary N) is 1. The van der Waals surface area contributed by atoms with Crippen LogP contribution in [0.3, 0.4) is 0 Å². The number of hydrogen-bond donors (Lipinski definition) is 1. The number of amides is 1. The van der Waals surface area contributed by atoms with Crippen LogP contribution in [-0.2, 0) is 17.6 Å². The van der Waals surface area contributed by atoms with Gasteiger partial charge >= 0.3 is 0 Å². The Kier molecular flexibility index (Phi) is 5.02. The molecule has 2 heterocycles. The fourth-order valence-electron chi connectivity index (χ4n) is 3.19. The van der Waals surface area contributed by atoms with E-state index in [2.05, 4.69) is 27.3 Å². The van der Waals surface area contributed by atoms with Crippen LogP contribution in [0.15, 0.2) is 18.2 Å². The maximum atomic E-state index is 12.7. The van der Waals surface area contributed by atoms with Crippen molar-refractivity contribution in [2.24, 2.45) is 0 Å². The van der Waals surface area contributed by atoms with Crippen molar-refractivity contribution in [3.63, 3.8) is 0 Å². The summed E-state index contributed by atoms with van der Waals surface area (Å²) in [5, 5.41) is 7.58. The molecule has 0 aliphatic heterocycles. The van der Waals surface area contributed by atoms with Crippen LogP contribution in [0.2, 0.25) is 0 Å². The Morgan fingerprint density at radius 3 is 2.46 bits per heavy atom. The highest BCUT2D eigenvalue weighted by atomic mass is 16.1. The summed E-state index contributed by atoms with van der Waals surface area (Å²) in [4.78, 5) is 21.7. The first kappa shape index (κ1) is 18.0. The van der Waals surface area contributed by atoms with Gasteiger partial charge in [0.15, 0.2) is 5.82 Å². The van der Waals surface area contributed by atoms with Crippen LogP contribution < -0.4 is 5.32 Å². The third-order valence-electron chi connectivity index (χ3n) is 4.65. The van der Waals surface area contributed by atoms with Crippen molar-refractivity contribution in [2.45, 2.75) is 53.9 Å². The molecular weight excluding hydrogens is 326 g/mol. The average molecular weight is 351 g/mol. The molecule has 1 N–H and O–H groups in total. The quantitative estimate of drug-likeness (QED) is 0.764. The molecule has 1 amide bonds. The zero-order valence-corrected chi connectivity index (χ0v) is 16.1.